The lowest BCUT2D eigenvalue weighted by molar-refractivity contribution is 0.0214. The van der Waals surface area contributed by atoms with Gasteiger partial charge >= 0.3 is 0 Å². The van der Waals surface area contributed by atoms with E-state index in [4.69, 9.17) is 4.74 Å². The van der Waals surface area contributed by atoms with Gasteiger partial charge in [-0.25, -0.2) is 0 Å². The van der Waals surface area contributed by atoms with Crippen LogP contribution in [0.25, 0.3) is 0 Å². The number of hydrogen-bond donors (Lipinski definition) is 2. The molecule has 0 aromatic heterocycles. The number of rotatable bonds is 5. The van der Waals surface area contributed by atoms with Gasteiger partial charge in [0.25, 0.3) is 10.2 Å². The Morgan fingerprint density at radius 3 is 2.40 bits per heavy atom. The molecule has 2 fully saturated rings. The highest BCUT2D eigenvalue weighted by atomic mass is 32.2. The molecule has 0 aromatic carbocycles. The lowest BCUT2D eigenvalue weighted by atomic mass is 9.93. The first-order valence-electron chi connectivity index (χ1n) is 7.45. The standard InChI is InChI=1S/C13H26N2O4S/c1-15(12-5-3-2-4-6-12)20(17,18)14-13(11-16)7-9-19-10-8-13/h12,14,16H,2-11H2,1H3. The molecule has 1 saturated carbocycles. The molecule has 1 heterocycles. The minimum Gasteiger partial charge on any atom is -0.394 e. The van der Waals surface area contributed by atoms with Crippen LogP contribution in [0.2, 0.25) is 0 Å². The van der Waals surface area contributed by atoms with Crippen molar-refractivity contribution < 1.29 is 18.3 Å². The fraction of sp³-hybridized carbons (Fsp3) is 1.00. The zero-order chi connectivity index (χ0) is 14.6. The Hall–Kier alpha value is -0.210. The first kappa shape index (κ1) is 16.2. The summed E-state index contributed by atoms with van der Waals surface area (Å²) < 4.78 is 34.5. The molecule has 20 heavy (non-hydrogen) atoms. The molecule has 0 amide bonds. The lowest BCUT2D eigenvalue weighted by Crippen LogP contribution is -2.58. The lowest BCUT2D eigenvalue weighted by Gasteiger charge is -2.39. The van der Waals surface area contributed by atoms with Crippen molar-refractivity contribution in [1.82, 2.24) is 9.03 Å². The van der Waals surface area contributed by atoms with Crippen molar-refractivity contribution in [1.29, 1.82) is 0 Å². The molecule has 1 aliphatic heterocycles. The van der Waals surface area contributed by atoms with Gasteiger partial charge < -0.3 is 9.84 Å². The van der Waals surface area contributed by atoms with Crippen LogP contribution in [0.3, 0.4) is 0 Å². The van der Waals surface area contributed by atoms with E-state index in [0.717, 1.165) is 25.7 Å². The summed E-state index contributed by atoms with van der Waals surface area (Å²) in [5.41, 5.74) is -0.764. The highest BCUT2D eigenvalue weighted by Crippen LogP contribution is 2.26. The molecule has 6 nitrogen and oxygen atoms in total. The Balaban J connectivity index is 2.04. The summed E-state index contributed by atoms with van der Waals surface area (Å²) in [6.45, 7) is 0.778. The van der Waals surface area contributed by atoms with E-state index in [9.17, 15) is 13.5 Å². The topological polar surface area (TPSA) is 78.9 Å². The van der Waals surface area contributed by atoms with Crippen LogP contribution < -0.4 is 4.72 Å². The Morgan fingerprint density at radius 2 is 1.85 bits per heavy atom. The zero-order valence-corrected chi connectivity index (χ0v) is 13.0. The minimum absolute atomic E-state index is 0.0804. The average Bonchev–Trinajstić information content (AvgIpc) is 2.48. The number of hydrogen-bond acceptors (Lipinski definition) is 4. The van der Waals surface area contributed by atoms with Crippen molar-refractivity contribution in [3.8, 4) is 0 Å². The van der Waals surface area contributed by atoms with Gasteiger partial charge in [-0.2, -0.15) is 17.4 Å². The van der Waals surface area contributed by atoms with Crippen LogP contribution in [0.4, 0.5) is 0 Å². The first-order valence-corrected chi connectivity index (χ1v) is 8.89. The maximum Gasteiger partial charge on any atom is 0.280 e. The van der Waals surface area contributed by atoms with Crippen molar-refractivity contribution in [3.05, 3.63) is 0 Å². The average molecular weight is 306 g/mol. The Kier molecular flexibility index (Phi) is 5.42. The quantitative estimate of drug-likeness (QED) is 0.781. The van der Waals surface area contributed by atoms with Crippen molar-refractivity contribution in [2.45, 2.75) is 56.5 Å². The molecule has 0 unspecified atom stereocenters. The van der Waals surface area contributed by atoms with Crippen molar-refractivity contribution in [3.63, 3.8) is 0 Å². The monoisotopic (exact) mass is 306 g/mol. The molecule has 0 spiro atoms. The summed E-state index contributed by atoms with van der Waals surface area (Å²) in [6, 6.07) is 0.0804. The molecule has 0 radical (unpaired) electrons. The molecule has 118 valence electrons. The number of aliphatic hydroxyl groups excluding tert-OH is 1. The second kappa shape index (κ2) is 6.70. The van der Waals surface area contributed by atoms with Gasteiger partial charge in [0.2, 0.25) is 0 Å². The Morgan fingerprint density at radius 1 is 1.25 bits per heavy atom. The van der Waals surface area contributed by atoms with Crippen LogP contribution in [0.15, 0.2) is 0 Å². The third-order valence-electron chi connectivity index (χ3n) is 4.57. The number of aliphatic hydroxyl groups is 1. The summed E-state index contributed by atoms with van der Waals surface area (Å²) in [5.74, 6) is 0. The molecule has 2 N–H and O–H groups in total. The molecule has 1 saturated heterocycles. The fourth-order valence-electron chi connectivity index (χ4n) is 3.04. The van der Waals surface area contributed by atoms with E-state index in [1.54, 1.807) is 7.05 Å². The largest absolute Gasteiger partial charge is 0.394 e. The molecule has 1 aliphatic carbocycles. The van der Waals surface area contributed by atoms with Crippen LogP contribution >= 0.6 is 0 Å². The SMILES string of the molecule is CN(C1CCCCC1)S(=O)(=O)NC1(CO)CCOCC1. The summed E-state index contributed by atoms with van der Waals surface area (Å²) >= 11 is 0. The van der Waals surface area contributed by atoms with Crippen molar-refractivity contribution in [2.75, 3.05) is 26.9 Å². The highest BCUT2D eigenvalue weighted by Gasteiger charge is 2.38. The van der Waals surface area contributed by atoms with Crippen LogP contribution in [0.5, 0.6) is 0 Å². The van der Waals surface area contributed by atoms with Gasteiger partial charge in [-0.1, -0.05) is 19.3 Å². The van der Waals surface area contributed by atoms with Crippen molar-refractivity contribution >= 4 is 10.2 Å². The third kappa shape index (κ3) is 3.71. The van der Waals surface area contributed by atoms with E-state index >= 15 is 0 Å². The van der Waals surface area contributed by atoms with E-state index in [1.165, 1.54) is 10.7 Å². The Labute approximate surface area is 121 Å². The maximum atomic E-state index is 12.5. The van der Waals surface area contributed by atoms with E-state index in [1.807, 2.05) is 0 Å². The normalized spacial score (nSPS) is 24.9. The molecule has 2 rings (SSSR count). The first-order chi connectivity index (χ1) is 9.49. The van der Waals surface area contributed by atoms with E-state index in [2.05, 4.69) is 4.72 Å². The van der Waals surface area contributed by atoms with Gasteiger partial charge in [-0.05, 0) is 25.7 Å². The molecule has 2 aliphatic rings. The van der Waals surface area contributed by atoms with Gasteiger partial charge in [0.15, 0.2) is 0 Å². The van der Waals surface area contributed by atoms with Gasteiger partial charge in [-0.3, -0.25) is 0 Å². The number of nitrogens with zero attached hydrogens (tertiary/aromatic N) is 1. The highest BCUT2D eigenvalue weighted by molar-refractivity contribution is 7.87. The van der Waals surface area contributed by atoms with Crippen LogP contribution in [-0.4, -0.2) is 56.3 Å². The van der Waals surface area contributed by atoms with E-state index in [-0.39, 0.29) is 12.6 Å². The van der Waals surface area contributed by atoms with Gasteiger partial charge in [0.1, 0.15) is 0 Å². The maximum absolute atomic E-state index is 12.5. The second-order valence-electron chi connectivity index (χ2n) is 5.97. The molecule has 0 bridgehead atoms. The van der Waals surface area contributed by atoms with Crippen LogP contribution in [0.1, 0.15) is 44.9 Å². The molecule has 7 heteroatoms. The number of nitrogens with one attached hydrogen (secondary N) is 1. The zero-order valence-electron chi connectivity index (χ0n) is 12.2. The smallest absolute Gasteiger partial charge is 0.280 e. The van der Waals surface area contributed by atoms with Crippen LogP contribution in [-0.2, 0) is 14.9 Å². The van der Waals surface area contributed by atoms with Gasteiger partial charge in [0, 0.05) is 26.3 Å². The predicted octanol–water partition coefficient (Wildman–Crippen LogP) is 0.627. The third-order valence-corrected chi connectivity index (χ3v) is 6.31. The Bertz CT molecular complexity index is 401. The molecule has 0 aromatic rings. The summed E-state index contributed by atoms with van der Waals surface area (Å²) in [4.78, 5) is 0. The van der Waals surface area contributed by atoms with Crippen LogP contribution in [0, 0.1) is 0 Å². The molecular weight excluding hydrogens is 280 g/mol. The summed E-state index contributed by atoms with van der Waals surface area (Å²) in [7, 11) is -1.92. The van der Waals surface area contributed by atoms with E-state index in [0.29, 0.717) is 26.1 Å². The van der Waals surface area contributed by atoms with Crippen molar-refractivity contribution in [2.24, 2.45) is 0 Å². The predicted molar refractivity (Wildman–Crippen MR) is 76.6 cm³/mol. The van der Waals surface area contributed by atoms with Gasteiger partial charge in [-0.15, -0.1) is 0 Å². The van der Waals surface area contributed by atoms with E-state index < -0.39 is 15.7 Å². The fourth-order valence-corrected chi connectivity index (χ4v) is 4.60. The van der Waals surface area contributed by atoms with Gasteiger partial charge in [0.05, 0.1) is 12.1 Å². The molecular formula is C13H26N2O4S. The summed E-state index contributed by atoms with van der Waals surface area (Å²) in [5, 5.41) is 9.60. The minimum atomic E-state index is -3.56. The number of ether oxygens (including phenoxy) is 1. The second-order valence-corrected chi connectivity index (χ2v) is 7.70. The molecule has 0 atom stereocenters. The summed E-state index contributed by atoms with van der Waals surface area (Å²) in [6.07, 6.45) is 6.24.